The van der Waals surface area contributed by atoms with Crippen LogP contribution in [0.2, 0.25) is 0 Å². The number of aromatic carboxylic acids is 1. The Morgan fingerprint density at radius 3 is 2.78 bits per heavy atom. The van der Waals surface area contributed by atoms with E-state index in [1.54, 1.807) is 12.1 Å². The van der Waals surface area contributed by atoms with E-state index in [-0.39, 0.29) is 0 Å². The van der Waals surface area contributed by atoms with Gasteiger partial charge in [0, 0.05) is 30.2 Å². The van der Waals surface area contributed by atoms with Crippen molar-refractivity contribution in [3.05, 3.63) is 35.5 Å². The van der Waals surface area contributed by atoms with Crippen LogP contribution >= 0.6 is 0 Å². The molecule has 18 heavy (non-hydrogen) atoms. The van der Waals surface area contributed by atoms with Gasteiger partial charge in [-0.2, -0.15) is 0 Å². The average Bonchev–Trinajstić information content (AvgIpc) is 2.73. The number of carboxylic acid groups (broad SMARTS) is 1. The van der Waals surface area contributed by atoms with Crippen molar-refractivity contribution in [2.45, 2.75) is 26.9 Å². The minimum absolute atomic E-state index is 0.338. The first-order valence-corrected chi connectivity index (χ1v) is 6.23. The molecule has 0 radical (unpaired) electrons. The molecule has 2 N–H and O–H groups in total. The molecule has 1 aromatic heterocycles. The van der Waals surface area contributed by atoms with Gasteiger partial charge in [-0.05, 0) is 31.2 Å². The standard InChI is InChI=1S/C14H18N2O2/c1-3-15-8-11-9-16(4-2)13-7-10(14(17)18)5-6-12(11)13/h5-7,9,15H,3-4,8H2,1-2H3,(H,17,18). The fourth-order valence-corrected chi connectivity index (χ4v) is 2.16. The highest BCUT2D eigenvalue weighted by Crippen LogP contribution is 2.23. The van der Waals surface area contributed by atoms with E-state index >= 15 is 0 Å². The predicted octanol–water partition coefficient (Wildman–Crippen LogP) is 2.47. The second-order valence-corrected chi connectivity index (χ2v) is 4.26. The molecule has 0 spiro atoms. The van der Waals surface area contributed by atoms with Gasteiger partial charge in [-0.25, -0.2) is 4.79 Å². The molecule has 0 fully saturated rings. The molecule has 2 aromatic rings. The highest BCUT2D eigenvalue weighted by Gasteiger charge is 2.10. The van der Waals surface area contributed by atoms with Crippen molar-refractivity contribution < 1.29 is 9.90 Å². The van der Waals surface area contributed by atoms with Crippen LogP contribution in [0, 0.1) is 0 Å². The monoisotopic (exact) mass is 246 g/mol. The van der Waals surface area contributed by atoms with Gasteiger partial charge in [0.2, 0.25) is 0 Å². The van der Waals surface area contributed by atoms with Gasteiger partial charge in [-0.3, -0.25) is 0 Å². The van der Waals surface area contributed by atoms with E-state index in [9.17, 15) is 4.79 Å². The Morgan fingerprint density at radius 1 is 1.39 bits per heavy atom. The van der Waals surface area contributed by atoms with Crippen molar-refractivity contribution >= 4 is 16.9 Å². The van der Waals surface area contributed by atoms with Gasteiger partial charge in [-0.15, -0.1) is 0 Å². The van der Waals surface area contributed by atoms with Crippen molar-refractivity contribution in [1.29, 1.82) is 0 Å². The first-order chi connectivity index (χ1) is 8.67. The molecule has 0 amide bonds. The van der Waals surface area contributed by atoms with Crippen LogP contribution in [0.15, 0.2) is 24.4 Å². The Kier molecular flexibility index (Phi) is 3.67. The first-order valence-electron chi connectivity index (χ1n) is 6.23. The third-order valence-corrected chi connectivity index (χ3v) is 3.12. The predicted molar refractivity (Wildman–Crippen MR) is 72.0 cm³/mol. The van der Waals surface area contributed by atoms with E-state index in [1.165, 1.54) is 5.56 Å². The van der Waals surface area contributed by atoms with Crippen molar-refractivity contribution in [3.8, 4) is 0 Å². The Balaban J connectivity index is 2.52. The lowest BCUT2D eigenvalue weighted by molar-refractivity contribution is 0.0697. The number of rotatable bonds is 5. The summed E-state index contributed by atoms with van der Waals surface area (Å²) >= 11 is 0. The number of aryl methyl sites for hydroxylation is 1. The summed E-state index contributed by atoms with van der Waals surface area (Å²) in [5, 5.41) is 13.5. The maximum Gasteiger partial charge on any atom is 0.335 e. The van der Waals surface area contributed by atoms with Crippen LogP contribution in [-0.2, 0) is 13.1 Å². The van der Waals surface area contributed by atoms with E-state index in [0.717, 1.165) is 30.5 Å². The molecule has 0 bridgehead atoms. The van der Waals surface area contributed by atoms with E-state index in [4.69, 9.17) is 5.11 Å². The quantitative estimate of drug-likeness (QED) is 0.852. The number of carbonyl (C=O) groups is 1. The van der Waals surface area contributed by atoms with Gasteiger partial charge in [0.15, 0.2) is 0 Å². The molecule has 0 aliphatic carbocycles. The smallest absolute Gasteiger partial charge is 0.335 e. The van der Waals surface area contributed by atoms with Crippen molar-refractivity contribution in [2.75, 3.05) is 6.54 Å². The van der Waals surface area contributed by atoms with Gasteiger partial charge in [0.25, 0.3) is 0 Å². The van der Waals surface area contributed by atoms with Crippen LogP contribution in [-0.4, -0.2) is 22.2 Å². The highest BCUT2D eigenvalue weighted by molar-refractivity contribution is 5.94. The summed E-state index contributed by atoms with van der Waals surface area (Å²) in [4.78, 5) is 11.0. The molecule has 0 aliphatic heterocycles. The Hall–Kier alpha value is -1.81. The van der Waals surface area contributed by atoms with Gasteiger partial charge in [-0.1, -0.05) is 13.0 Å². The number of nitrogens with zero attached hydrogens (tertiary/aromatic N) is 1. The zero-order valence-corrected chi connectivity index (χ0v) is 10.7. The van der Waals surface area contributed by atoms with Crippen molar-refractivity contribution in [3.63, 3.8) is 0 Å². The molecule has 2 rings (SSSR count). The molecule has 0 saturated heterocycles. The first kappa shape index (κ1) is 12.6. The normalized spacial score (nSPS) is 11.0. The Morgan fingerprint density at radius 2 is 2.17 bits per heavy atom. The summed E-state index contributed by atoms with van der Waals surface area (Å²) in [5.41, 5.74) is 2.54. The van der Waals surface area contributed by atoms with Gasteiger partial charge < -0.3 is 15.0 Å². The lowest BCUT2D eigenvalue weighted by atomic mass is 10.1. The van der Waals surface area contributed by atoms with Crippen LogP contribution in [0.25, 0.3) is 10.9 Å². The third kappa shape index (κ3) is 2.24. The van der Waals surface area contributed by atoms with Crippen LogP contribution in [0.4, 0.5) is 0 Å². The van der Waals surface area contributed by atoms with Gasteiger partial charge in [0.05, 0.1) is 5.56 Å². The minimum Gasteiger partial charge on any atom is -0.478 e. The molecule has 1 aromatic carbocycles. The summed E-state index contributed by atoms with van der Waals surface area (Å²) in [6.07, 6.45) is 2.10. The van der Waals surface area contributed by atoms with Crippen LogP contribution < -0.4 is 5.32 Å². The number of benzene rings is 1. The maximum atomic E-state index is 11.0. The summed E-state index contributed by atoms with van der Waals surface area (Å²) < 4.78 is 2.09. The molecule has 96 valence electrons. The highest BCUT2D eigenvalue weighted by atomic mass is 16.4. The van der Waals surface area contributed by atoms with Crippen LogP contribution in [0.5, 0.6) is 0 Å². The second-order valence-electron chi connectivity index (χ2n) is 4.26. The number of hydrogen-bond donors (Lipinski definition) is 2. The number of carboxylic acids is 1. The number of fused-ring (bicyclic) bond motifs is 1. The van der Waals surface area contributed by atoms with Gasteiger partial charge in [0.1, 0.15) is 0 Å². The summed E-state index contributed by atoms with van der Waals surface area (Å²) in [5.74, 6) is -0.881. The van der Waals surface area contributed by atoms with Gasteiger partial charge >= 0.3 is 5.97 Å². The van der Waals surface area contributed by atoms with Crippen molar-refractivity contribution in [1.82, 2.24) is 9.88 Å². The Bertz CT molecular complexity index is 572. The number of nitrogens with one attached hydrogen (secondary N) is 1. The molecule has 0 unspecified atom stereocenters. The van der Waals surface area contributed by atoms with E-state index in [2.05, 4.69) is 29.9 Å². The van der Waals surface area contributed by atoms with Crippen LogP contribution in [0.3, 0.4) is 0 Å². The number of aromatic nitrogens is 1. The molecular formula is C14H18N2O2. The molecule has 0 aliphatic rings. The van der Waals surface area contributed by atoms with Crippen molar-refractivity contribution in [2.24, 2.45) is 0 Å². The van der Waals surface area contributed by atoms with Crippen LogP contribution in [0.1, 0.15) is 29.8 Å². The fraction of sp³-hybridized carbons (Fsp3) is 0.357. The zero-order valence-electron chi connectivity index (χ0n) is 10.7. The molecule has 4 nitrogen and oxygen atoms in total. The largest absolute Gasteiger partial charge is 0.478 e. The fourth-order valence-electron chi connectivity index (χ4n) is 2.16. The number of hydrogen-bond acceptors (Lipinski definition) is 2. The van der Waals surface area contributed by atoms with E-state index in [1.807, 2.05) is 6.07 Å². The maximum absolute atomic E-state index is 11.0. The molecule has 0 atom stereocenters. The molecule has 1 heterocycles. The third-order valence-electron chi connectivity index (χ3n) is 3.12. The average molecular weight is 246 g/mol. The topological polar surface area (TPSA) is 54.3 Å². The van der Waals surface area contributed by atoms with E-state index < -0.39 is 5.97 Å². The molecular weight excluding hydrogens is 228 g/mol. The summed E-state index contributed by atoms with van der Waals surface area (Å²) in [7, 11) is 0. The summed E-state index contributed by atoms with van der Waals surface area (Å²) in [6, 6.07) is 5.31. The molecule has 0 saturated carbocycles. The second kappa shape index (κ2) is 5.23. The van der Waals surface area contributed by atoms with E-state index in [0.29, 0.717) is 5.56 Å². The zero-order chi connectivity index (χ0) is 13.1. The summed E-state index contributed by atoms with van der Waals surface area (Å²) in [6.45, 7) is 6.70. The lowest BCUT2D eigenvalue weighted by Crippen LogP contribution is -2.11. The Labute approximate surface area is 106 Å². The SMILES string of the molecule is CCNCc1cn(CC)c2cc(C(=O)O)ccc12. The molecule has 4 heteroatoms. The lowest BCUT2D eigenvalue weighted by Gasteiger charge is -2.01. The minimum atomic E-state index is -0.881.